The van der Waals surface area contributed by atoms with Crippen LogP contribution in [0.25, 0.3) is 0 Å². The minimum absolute atomic E-state index is 0. The van der Waals surface area contributed by atoms with Gasteiger partial charge in [-0.05, 0) is 36.0 Å². The zero-order valence-corrected chi connectivity index (χ0v) is 8.43. The van der Waals surface area contributed by atoms with Gasteiger partial charge < -0.3 is 5.32 Å². The van der Waals surface area contributed by atoms with Crippen LogP contribution < -0.4 is 5.32 Å². The maximum atomic E-state index is 3.43. The van der Waals surface area contributed by atoms with Crippen molar-refractivity contribution in [2.75, 3.05) is 11.9 Å². The Bertz CT molecular complexity index is 307. The summed E-state index contributed by atoms with van der Waals surface area (Å²) in [5.41, 5.74) is 4.30. The fourth-order valence-electron chi connectivity index (χ4n) is 1.85. The number of rotatable bonds is 1. The molecule has 0 amide bonds. The van der Waals surface area contributed by atoms with Gasteiger partial charge in [0.2, 0.25) is 0 Å². The standard InChI is InChI=1S/C12H17N.H2/c1-9(2)10-5-6-12-11(8-10)4-3-7-13-12;/h5-6,8-9,13H,3-4,7H2,1-2H3;1H. The highest BCUT2D eigenvalue weighted by atomic mass is 14.9. The Kier molecular flexibility index (Phi) is 2.26. The third kappa shape index (κ3) is 1.69. The second-order valence-electron chi connectivity index (χ2n) is 4.10. The quantitative estimate of drug-likeness (QED) is 0.693. The Morgan fingerprint density at radius 2 is 2.23 bits per heavy atom. The molecule has 1 aromatic rings. The first-order chi connectivity index (χ1) is 6.27. The summed E-state index contributed by atoms with van der Waals surface area (Å²) in [4.78, 5) is 0. The summed E-state index contributed by atoms with van der Waals surface area (Å²) in [5, 5.41) is 3.43. The van der Waals surface area contributed by atoms with Crippen LogP contribution in [0.1, 0.15) is 38.7 Å². The molecule has 0 aromatic heterocycles. The van der Waals surface area contributed by atoms with Gasteiger partial charge in [-0.3, -0.25) is 0 Å². The minimum Gasteiger partial charge on any atom is -0.385 e. The largest absolute Gasteiger partial charge is 0.385 e. The van der Waals surface area contributed by atoms with Crippen molar-refractivity contribution in [2.24, 2.45) is 0 Å². The molecule has 0 saturated carbocycles. The Hall–Kier alpha value is -0.980. The maximum Gasteiger partial charge on any atom is 0.0372 e. The van der Waals surface area contributed by atoms with Gasteiger partial charge in [-0.1, -0.05) is 26.0 Å². The van der Waals surface area contributed by atoms with Crippen LogP contribution in [0.3, 0.4) is 0 Å². The fraction of sp³-hybridized carbons (Fsp3) is 0.500. The summed E-state index contributed by atoms with van der Waals surface area (Å²) in [5.74, 6) is 0.646. The molecule has 0 aliphatic carbocycles. The Labute approximate surface area is 81.6 Å². The Morgan fingerprint density at radius 1 is 1.38 bits per heavy atom. The minimum atomic E-state index is 0. The summed E-state index contributed by atoms with van der Waals surface area (Å²) < 4.78 is 0. The van der Waals surface area contributed by atoms with Crippen LogP contribution in [0.2, 0.25) is 0 Å². The molecule has 1 aromatic carbocycles. The molecular formula is C12H19N. The number of nitrogens with one attached hydrogen (secondary N) is 1. The number of hydrogen-bond acceptors (Lipinski definition) is 1. The van der Waals surface area contributed by atoms with E-state index in [1.165, 1.54) is 29.7 Å². The van der Waals surface area contributed by atoms with Crippen LogP contribution in [0.4, 0.5) is 5.69 Å². The van der Waals surface area contributed by atoms with Crippen molar-refractivity contribution in [3.63, 3.8) is 0 Å². The lowest BCUT2D eigenvalue weighted by atomic mass is 9.96. The van der Waals surface area contributed by atoms with Crippen molar-refractivity contribution in [3.05, 3.63) is 29.3 Å². The average molecular weight is 177 g/mol. The van der Waals surface area contributed by atoms with Gasteiger partial charge in [-0.2, -0.15) is 0 Å². The van der Waals surface area contributed by atoms with Crippen molar-refractivity contribution in [1.29, 1.82) is 0 Å². The van der Waals surface area contributed by atoms with E-state index in [1.54, 1.807) is 0 Å². The molecule has 0 spiro atoms. The van der Waals surface area contributed by atoms with E-state index >= 15 is 0 Å². The summed E-state index contributed by atoms with van der Waals surface area (Å²) in [6, 6.07) is 6.82. The smallest absolute Gasteiger partial charge is 0.0372 e. The lowest BCUT2D eigenvalue weighted by molar-refractivity contribution is 0.815. The summed E-state index contributed by atoms with van der Waals surface area (Å²) in [6.45, 7) is 5.63. The summed E-state index contributed by atoms with van der Waals surface area (Å²) in [6.07, 6.45) is 2.51. The predicted octanol–water partition coefficient (Wildman–Crippen LogP) is 3.41. The van der Waals surface area contributed by atoms with Crippen molar-refractivity contribution in [3.8, 4) is 0 Å². The second kappa shape index (κ2) is 3.41. The topological polar surface area (TPSA) is 12.0 Å². The van der Waals surface area contributed by atoms with Gasteiger partial charge in [0.1, 0.15) is 0 Å². The molecule has 1 N–H and O–H groups in total. The van der Waals surface area contributed by atoms with Crippen LogP contribution in [-0.4, -0.2) is 6.54 Å². The van der Waals surface area contributed by atoms with Crippen LogP contribution in [0.5, 0.6) is 0 Å². The molecule has 0 saturated heterocycles. The normalized spacial score (nSPS) is 15.3. The zero-order chi connectivity index (χ0) is 9.26. The van der Waals surface area contributed by atoms with Crippen molar-refractivity contribution < 1.29 is 1.43 Å². The highest BCUT2D eigenvalue weighted by Gasteiger charge is 2.09. The maximum absolute atomic E-state index is 3.43. The molecule has 0 atom stereocenters. The summed E-state index contributed by atoms with van der Waals surface area (Å²) >= 11 is 0. The van der Waals surface area contributed by atoms with Crippen molar-refractivity contribution in [2.45, 2.75) is 32.6 Å². The van der Waals surface area contributed by atoms with Crippen LogP contribution in [-0.2, 0) is 6.42 Å². The molecule has 2 rings (SSSR count). The lowest BCUT2D eigenvalue weighted by Gasteiger charge is -2.19. The number of fused-ring (bicyclic) bond motifs is 1. The molecule has 1 aliphatic rings. The molecule has 1 aliphatic heterocycles. The van der Waals surface area contributed by atoms with E-state index in [-0.39, 0.29) is 1.43 Å². The Balaban J connectivity index is 0.000000980. The number of benzene rings is 1. The van der Waals surface area contributed by atoms with Gasteiger partial charge >= 0.3 is 0 Å². The molecule has 0 bridgehead atoms. The van der Waals surface area contributed by atoms with Gasteiger partial charge in [0, 0.05) is 13.7 Å². The predicted molar refractivity (Wildman–Crippen MR) is 59.5 cm³/mol. The number of hydrogen-bond donors (Lipinski definition) is 1. The lowest BCUT2D eigenvalue weighted by Crippen LogP contribution is -2.11. The van der Waals surface area contributed by atoms with Gasteiger partial charge in [-0.15, -0.1) is 0 Å². The molecule has 72 valence electrons. The van der Waals surface area contributed by atoms with E-state index in [1.807, 2.05) is 0 Å². The third-order valence-corrected chi connectivity index (χ3v) is 2.73. The Morgan fingerprint density at radius 3 is 3.00 bits per heavy atom. The molecular weight excluding hydrogens is 158 g/mol. The molecule has 1 nitrogen and oxygen atoms in total. The first-order valence-corrected chi connectivity index (χ1v) is 5.14. The molecule has 0 unspecified atom stereocenters. The number of anilines is 1. The van der Waals surface area contributed by atoms with Gasteiger partial charge in [-0.25, -0.2) is 0 Å². The monoisotopic (exact) mass is 177 g/mol. The van der Waals surface area contributed by atoms with Crippen LogP contribution in [0, 0.1) is 0 Å². The van der Waals surface area contributed by atoms with E-state index in [2.05, 4.69) is 37.4 Å². The van der Waals surface area contributed by atoms with E-state index in [4.69, 9.17) is 0 Å². The number of aryl methyl sites for hydroxylation is 1. The zero-order valence-electron chi connectivity index (χ0n) is 8.43. The van der Waals surface area contributed by atoms with Gasteiger partial charge in [0.05, 0.1) is 0 Å². The van der Waals surface area contributed by atoms with E-state index in [0.29, 0.717) is 5.92 Å². The average Bonchev–Trinajstić information content (AvgIpc) is 2.17. The molecule has 0 fully saturated rings. The molecule has 1 heteroatoms. The molecule has 1 heterocycles. The van der Waals surface area contributed by atoms with Crippen LogP contribution in [0.15, 0.2) is 18.2 Å². The molecule has 13 heavy (non-hydrogen) atoms. The fourth-order valence-corrected chi connectivity index (χ4v) is 1.85. The summed E-state index contributed by atoms with van der Waals surface area (Å²) in [7, 11) is 0. The van der Waals surface area contributed by atoms with Crippen molar-refractivity contribution in [1.82, 2.24) is 0 Å². The second-order valence-corrected chi connectivity index (χ2v) is 4.10. The highest BCUT2D eigenvalue weighted by Crippen LogP contribution is 2.25. The van der Waals surface area contributed by atoms with E-state index in [0.717, 1.165) is 6.54 Å². The van der Waals surface area contributed by atoms with E-state index in [9.17, 15) is 0 Å². The first-order valence-electron chi connectivity index (χ1n) is 5.14. The third-order valence-electron chi connectivity index (χ3n) is 2.73. The van der Waals surface area contributed by atoms with Crippen molar-refractivity contribution >= 4 is 5.69 Å². The van der Waals surface area contributed by atoms with Gasteiger partial charge in [0.15, 0.2) is 0 Å². The van der Waals surface area contributed by atoms with Gasteiger partial charge in [0.25, 0.3) is 0 Å². The van der Waals surface area contributed by atoms with E-state index < -0.39 is 0 Å². The highest BCUT2D eigenvalue weighted by molar-refractivity contribution is 5.54. The first kappa shape index (κ1) is 8.61. The molecule has 0 radical (unpaired) electrons. The SMILES string of the molecule is CC(C)c1ccc2c(c1)CCCN2.[HH]. The van der Waals surface area contributed by atoms with Crippen LogP contribution >= 0.6 is 0 Å².